The summed E-state index contributed by atoms with van der Waals surface area (Å²) < 4.78 is 103. The number of aromatic amines is 1. The number of ketones is 2. The number of fused-ring (bicyclic) bond motifs is 11. The molecule has 9 atom stereocenters. The number of anilines is 1. The molecule has 5 fully saturated rings. The van der Waals surface area contributed by atoms with Crippen molar-refractivity contribution < 1.29 is 134 Å². The van der Waals surface area contributed by atoms with Crippen molar-refractivity contribution in [1.29, 1.82) is 0 Å². The second-order valence-corrected chi connectivity index (χ2v) is 33.0. The molecule has 0 unspecified atom stereocenters. The molecule has 0 bridgehead atoms. The predicted octanol–water partition coefficient (Wildman–Crippen LogP) is 5.05. The third-order valence-electron chi connectivity index (χ3n) is 24.9. The number of H-pyrrole nitrogens is 1. The maximum absolute atomic E-state index is 15.5. The number of phenolic OH excluding ortho intramolecular Hbond substituents is 2. The van der Waals surface area contributed by atoms with Gasteiger partial charge in [0.05, 0.1) is 207 Å². The van der Waals surface area contributed by atoms with Gasteiger partial charge >= 0.3 is 0 Å². The van der Waals surface area contributed by atoms with Gasteiger partial charge in [-0.15, -0.1) is 0 Å². The fraction of sp³-hybridized carbons (Fsp3) is 0.637. The number of aromatic hydroxyl groups is 2. The second kappa shape index (κ2) is 48.5. The average molecular weight is 1790 g/mol. The molecule has 128 heavy (non-hydrogen) atoms. The minimum absolute atomic E-state index is 0.0226. The molecule has 5 aromatic rings. The Balaban J connectivity index is 0.571. The lowest BCUT2D eigenvalue weighted by molar-refractivity contribution is -0.256. The molecule has 4 aromatic carbocycles. The van der Waals surface area contributed by atoms with Crippen LogP contribution in [0.4, 0.5) is 5.69 Å². The number of carbonyl (C=O) groups excluding carboxylic acids is 7. The number of morpholine rings is 1. The van der Waals surface area contributed by atoms with E-state index >= 15 is 9.59 Å². The van der Waals surface area contributed by atoms with E-state index in [1.54, 1.807) is 18.9 Å². The van der Waals surface area contributed by atoms with Crippen LogP contribution in [0.25, 0.3) is 22.5 Å². The smallest absolute Gasteiger partial charge is 0.253 e. The lowest BCUT2D eigenvalue weighted by Crippen LogP contribution is -2.61. The topological polar surface area (TPSA) is 434 Å². The zero-order valence-electron chi connectivity index (χ0n) is 73.7. The van der Waals surface area contributed by atoms with Gasteiger partial charge in [-0.25, -0.2) is 0 Å². The van der Waals surface area contributed by atoms with Gasteiger partial charge < -0.3 is 126 Å². The third kappa shape index (κ3) is 24.7. The van der Waals surface area contributed by atoms with Crippen molar-refractivity contribution in [3.63, 3.8) is 0 Å². The maximum Gasteiger partial charge on any atom is 0.253 e. The Bertz CT molecular complexity index is 4460. The highest BCUT2D eigenvalue weighted by Gasteiger charge is 2.56. The Morgan fingerprint density at radius 2 is 1.17 bits per heavy atom. The van der Waals surface area contributed by atoms with Crippen molar-refractivity contribution in [3.05, 3.63) is 106 Å². The summed E-state index contributed by atoms with van der Waals surface area (Å²) in [6.45, 7) is 12.6. The number of nitrogens with zero attached hydrogens (tertiary/aromatic N) is 5. The van der Waals surface area contributed by atoms with Crippen LogP contribution in [-0.4, -0.2) is 343 Å². The zero-order valence-corrected chi connectivity index (χ0v) is 73.7. The van der Waals surface area contributed by atoms with Crippen LogP contribution in [0.1, 0.15) is 139 Å². The number of unbranched alkanes of at least 4 members (excludes halogenated alkanes) is 1. The molecular formula is C91H125N9O28. The predicted molar refractivity (Wildman–Crippen MR) is 458 cm³/mol. The fourth-order valence-corrected chi connectivity index (χ4v) is 18.1. The van der Waals surface area contributed by atoms with E-state index in [4.69, 9.17) is 85.3 Å². The van der Waals surface area contributed by atoms with Gasteiger partial charge in [-0.2, -0.15) is 15.4 Å². The van der Waals surface area contributed by atoms with Crippen LogP contribution >= 0.6 is 0 Å². The summed E-state index contributed by atoms with van der Waals surface area (Å²) in [5, 5.41) is 58.7. The van der Waals surface area contributed by atoms with Gasteiger partial charge in [0.1, 0.15) is 46.4 Å². The van der Waals surface area contributed by atoms with E-state index < -0.39 is 120 Å². The van der Waals surface area contributed by atoms with Gasteiger partial charge in [-0.3, -0.25) is 38.5 Å². The first-order valence-electron chi connectivity index (χ1n) is 44.8. The van der Waals surface area contributed by atoms with E-state index in [9.17, 15) is 39.3 Å². The number of ether oxygens (including phenoxy) is 18. The normalized spacial score (nSPS) is 22.0. The lowest BCUT2D eigenvalue weighted by Gasteiger charge is -2.46. The summed E-state index contributed by atoms with van der Waals surface area (Å²) in [6, 6.07) is 18.2. The Hall–Kier alpha value is -8.65. The number of phenols is 2. The van der Waals surface area contributed by atoms with E-state index in [0.29, 0.717) is 196 Å². The van der Waals surface area contributed by atoms with Crippen LogP contribution in [0, 0.1) is 11.3 Å². The molecule has 37 nitrogen and oxygen atoms in total. The summed E-state index contributed by atoms with van der Waals surface area (Å²) in [7, 11) is 4.48. The Labute approximate surface area is 744 Å². The Kier molecular flexibility index (Phi) is 36.7. The van der Waals surface area contributed by atoms with Crippen molar-refractivity contribution in [2.45, 2.75) is 152 Å². The average Bonchev–Trinajstić information content (AvgIpc) is 0.800. The van der Waals surface area contributed by atoms with Crippen LogP contribution in [0.5, 0.6) is 17.2 Å². The summed E-state index contributed by atoms with van der Waals surface area (Å²) in [5.41, 5.74) is 0.255. The Morgan fingerprint density at radius 1 is 0.609 bits per heavy atom. The second-order valence-electron chi connectivity index (χ2n) is 33.0. The molecule has 8 aliphatic rings. The van der Waals surface area contributed by atoms with E-state index in [-0.39, 0.29) is 116 Å². The van der Waals surface area contributed by atoms with Crippen molar-refractivity contribution in [1.82, 2.24) is 41.2 Å². The maximum atomic E-state index is 15.5. The van der Waals surface area contributed by atoms with Crippen LogP contribution in [0.2, 0.25) is 0 Å². The number of nitrogens with one attached hydrogen (secondary N) is 4. The monoisotopic (exact) mass is 1790 g/mol. The molecule has 1 aromatic heterocycles. The first-order chi connectivity index (χ1) is 62.4. The molecule has 0 radical (unpaired) electrons. The highest BCUT2D eigenvalue weighted by Crippen LogP contribution is 2.54. The standard InChI is InChI=1S/C91H125N9O28/c1-59-84-68(99-29-31-125-88(113-4)87(99)128-84)54-73(126-59)127-70-56-91(110,55-65-75(70)83(106)77-76(81(65)104)80(103)64-15-11-17-69(112-3)74(64)82(77)105)89(109)94-66(57-93-71(101)21-30-114-34-35-116-38-39-118-42-43-120-46-47-122-50-51-124-53-52-123-49-48-121-45-44-119-41-40-117-37-36-115-33-32-111-2)86(108)98-27-24-90(25-28-98)22-19-60(20-23-90)85(107)92-26-10-9-18-72(102)100-58-61-12-5-6-13-62(61)78-79(96-97-95-78)63-14-7-8-16-67(63)100/h5-8,11-17,59-60,66,68,70,73,84,87-88,104,106,110H,9-10,18-58H2,1-4H3,(H,92,107)(H,93,101)(H,94,109)(H,95,96,97)/t59-,66-,68-,70-,73-,84+,87+,88-,91-/m0/s1. The molecule has 13 rings (SSSR count). The van der Waals surface area contributed by atoms with Gasteiger partial charge in [0.25, 0.3) is 5.91 Å². The van der Waals surface area contributed by atoms with Crippen molar-refractivity contribution in [3.8, 4) is 39.8 Å². The molecular weight excluding hydrogens is 1670 g/mol. The number of rotatable bonds is 51. The lowest BCUT2D eigenvalue weighted by atomic mass is 9.65. The number of carbonyl (C=O) groups is 7. The number of para-hydroxylation sites is 1. The number of hydrogen-bond acceptors (Lipinski definition) is 31. The molecule has 1 saturated carbocycles. The molecule has 5 amide bonds. The molecule has 4 saturated heterocycles. The van der Waals surface area contributed by atoms with Crippen molar-refractivity contribution in [2.24, 2.45) is 11.3 Å². The number of aliphatic hydroxyl groups is 1. The molecule has 702 valence electrons. The minimum Gasteiger partial charge on any atom is -0.507 e. The third-order valence-corrected chi connectivity index (χ3v) is 24.9. The zero-order chi connectivity index (χ0) is 89.8. The van der Waals surface area contributed by atoms with Crippen molar-refractivity contribution in [2.75, 3.05) is 218 Å². The van der Waals surface area contributed by atoms with Gasteiger partial charge in [-0.05, 0) is 81.4 Å². The number of piperidine rings is 1. The van der Waals surface area contributed by atoms with E-state index in [0.717, 1.165) is 40.9 Å². The summed E-state index contributed by atoms with van der Waals surface area (Å²) in [4.78, 5) is 107. The minimum atomic E-state index is -2.59. The number of hydrogen-bond donors (Lipinski definition) is 7. The van der Waals surface area contributed by atoms with E-state index in [2.05, 4.69) is 36.3 Å². The van der Waals surface area contributed by atoms with Gasteiger partial charge in [0.2, 0.25) is 29.4 Å². The van der Waals surface area contributed by atoms with Gasteiger partial charge in [0.15, 0.2) is 24.6 Å². The molecule has 37 heteroatoms. The van der Waals surface area contributed by atoms with Crippen LogP contribution in [0.15, 0.2) is 66.7 Å². The number of aromatic nitrogens is 3. The van der Waals surface area contributed by atoms with Gasteiger partial charge in [-0.1, -0.05) is 54.6 Å². The fourth-order valence-electron chi connectivity index (χ4n) is 18.1. The molecule has 3 aliphatic carbocycles. The van der Waals surface area contributed by atoms with Crippen molar-refractivity contribution >= 4 is 46.8 Å². The molecule has 1 spiro atoms. The first kappa shape index (κ1) is 96.9. The van der Waals surface area contributed by atoms with E-state index in [1.165, 1.54) is 32.4 Å². The highest BCUT2D eigenvalue weighted by molar-refractivity contribution is 6.31. The molecule has 7 N–H and O–H groups in total. The summed E-state index contributed by atoms with van der Waals surface area (Å²) >= 11 is 0. The number of benzene rings is 4. The molecule has 6 heterocycles. The van der Waals surface area contributed by atoms with Crippen LogP contribution in [-0.2, 0) is 117 Å². The van der Waals surface area contributed by atoms with Crippen LogP contribution < -0.4 is 25.6 Å². The quantitative estimate of drug-likeness (QED) is 0.0194. The van der Waals surface area contributed by atoms with Crippen LogP contribution in [0.3, 0.4) is 0 Å². The van der Waals surface area contributed by atoms with E-state index in [1.807, 2.05) is 53.4 Å². The Morgan fingerprint density at radius 3 is 1.77 bits per heavy atom. The SMILES string of the molecule is COCCOCCOCCOCCOCCOCCOCCOCCOCCOCCOCCOCCC(=O)NC[C@H](NC(=O)[C@]1(O)Cc2c(O)c3c(c(O)c2[C@@H](O[C@H]2C[C@H]4[C@H](O[C@@H]5[C@@H](OC)OCCN54)[C@H](C)O2)C1)C(=O)c1c(OC)cccc1C3=O)C(=O)N1CCC2(CCC(C(=O)NCCCCC(=O)N3Cc4ccccc4-c4n[nH]nc4-c4ccccc43)CC2)CC1. The number of amides is 5. The highest BCUT2D eigenvalue weighted by atomic mass is 16.7. The largest absolute Gasteiger partial charge is 0.507 e. The first-order valence-corrected chi connectivity index (χ1v) is 44.8. The number of methoxy groups -OCH3 is 3. The summed E-state index contributed by atoms with van der Waals surface area (Å²) in [6.07, 6.45) is -1.05. The van der Waals surface area contributed by atoms with Gasteiger partial charge in [0, 0.05) is 119 Å². The summed E-state index contributed by atoms with van der Waals surface area (Å²) in [5.74, 6) is -5.60. The molecule has 5 aliphatic heterocycles. The number of likely N-dealkylation sites (tertiary alicyclic amines) is 1.